The minimum atomic E-state index is -0.282. The van der Waals surface area contributed by atoms with E-state index in [1.165, 1.54) is 0 Å². The average molecular weight is 273 g/mol. The zero-order valence-electron chi connectivity index (χ0n) is 11.9. The molecule has 0 radical (unpaired) electrons. The number of amides is 1. The van der Waals surface area contributed by atoms with E-state index in [0.717, 1.165) is 44.1 Å². The van der Waals surface area contributed by atoms with E-state index >= 15 is 0 Å². The Labute approximate surface area is 120 Å². The lowest BCUT2D eigenvalue weighted by Crippen LogP contribution is -2.47. The summed E-state index contributed by atoms with van der Waals surface area (Å²) in [5, 5.41) is 0. The van der Waals surface area contributed by atoms with Gasteiger partial charge in [0.15, 0.2) is 0 Å². The summed E-state index contributed by atoms with van der Waals surface area (Å²) in [6.07, 6.45) is 10.0. The van der Waals surface area contributed by atoms with Crippen molar-refractivity contribution in [2.45, 2.75) is 51.1 Å². The van der Waals surface area contributed by atoms with Gasteiger partial charge in [0.05, 0.1) is 5.41 Å². The largest absolute Gasteiger partial charge is 0.335 e. The topological polar surface area (TPSA) is 59.2 Å². The molecule has 2 N–H and O–H groups in total. The third-order valence-corrected chi connectivity index (χ3v) is 4.76. The monoisotopic (exact) mass is 273 g/mol. The fraction of sp³-hybridized carbons (Fsp3) is 0.625. The van der Waals surface area contributed by atoms with Crippen LogP contribution in [0.15, 0.2) is 24.5 Å². The predicted molar refractivity (Wildman–Crippen MR) is 77.8 cm³/mol. The Kier molecular flexibility index (Phi) is 3.74. The van der Waals surface area contributed by atoms with Crippen LogP contribution in [-0.2, 0) is 11.3 Å². The van der Waals surface area contributed by atoms with Crippen LogP contribution in [-0.4, -0.2) is 28.4 Å². The number of hydrogen-bond donors (Lipinski definition) is 1. The molecule has 108 valence electrons. The van der Waals surface area contributed by atoms with Gasteiger partial charge in [-0.05, 0) is 43.4 Å². The molecule has 2 saturated carbocycles. The molecule has 0 spiro atoms. The average Bonchev–Trinajstić information content (AvgIpc) is 3.22. The first-order valence-corrected chi connectivity index (χ1v) is 7.65. The lowest BCUT2D eigenvalue weighted by atomic mass is 9.84. The summed E-state index contributed by atoms with van der Waals surface area (Å²) in [5.74, 6) is 0.289. The summed E-state index contributed by atoms with van der Waals surface area (Å²) < 4.78 is 0. The van der Waals surface area contributed by atoms with Gasteiger partial charge in [-0.15, -0.1) is 0 Å². The Morgan fingerprint density at radius 1 is 1.30 bits per heavy atom. The number of nitrogens with zero attached hydrogens (tertiary/aromatic N) is 2. The molecule has 2 aliphatic rings. The minimum absolute atomic E-state index is 0.282. The highest BCUT2D eigenvalue weighted by Gasteiger charge is 2.45. The number of nitrogens with two attached hydrogens (primary N) is 1. The second-order valence-electron chi connectivity index (χ2n) is 6.21. The van der Waals surface area contributed by atoms with Crippen LogP contribution in [0, 0.1) is 5.41 Å². The molecule has 1 aromatic heterocycles. The smallest absolute Gasteiger partial charge is 0.230 e. The quantitative estimate of drug-likeness (QED) is 0.893. The maximum atomic E-state index is 13.0. The molecule has 3 rings (SSSR count). The molecule has 0 aliphatic heterocycles. The van der Waals surface area contributed by atoms with Crippen molar-refractivity contribution in [3.63, 3.8) is 0 Å². The maximum absolute atomic E-state index is 13.0. The highest BCUT2D eigenvalue weighted by atomic mass is 16.2. The van der Waals surface area contributed by atoms with Crippen LogP contribution in [0.3, 0.4) is 0 Å². The fourth-order valence-electron chi connectivity index (χ4n) is 3.30. The lowest BCUT2D eigenvalue weighted by Gasteiger charge is -2.34. The highest BCUT2D eigenvalue weighted by molar-refractivity contribution is 5.84. The van der Waals surface area contributed by atoms with Crippen molar-refractivity contribution in [1.29, 1.82) is 0 Å². The SMILES string of the molecule is NCC1(C(=O)N(Cc2ccncc2)C2CC2)CCCC1. The minimum Gasteiger partial charge on any atom is -0.335 e. The molecule has 1 aromatic rings. The van der Waals surface area contributed by atoms with Crippen molar-refractivity contribution in [3.05, 3.63) is 30.1 Å². The third kappa shape index (κ3) is 2.57. The molecule has 20 heavy (non-hydrogen) atoms. The van der Waals surface area contributed by atoms with Gasteiger partial charge in [0.2, 0.25) is 5.91 Å². The molecule has 4 heteroatoms. The van der Waals surface area contributed by atoms with Gasteiger partial charge in [0, 0.05) is 31.5 Å². The van der Waals surface area contributed by atoms with E-state index in [9.17, 15) is 4.79 Å². The Bertz CT molecular complexity index is 464. The van der Waals surface area contributed by atoms with E-state index in [-0.39, 0.29) is 11.3 Å². The number of carbonyl (C=O) groups excluding carboxylic acids is 1. The van der Waals surface area contributed by atoms with Gasteiger partial charge in [0.1, 0.15) is 0 Å². The van der Waals surface area contributed by atoms with Crippen LogP contribution in [0.1, 0.15) is 44.1 Å². The summed E-state index contributed by atoms with van der Waals surface area (Å²) in [6.45, 7) is 1.19. The summed E-state index contributed by atoms with van der Waals surface area (Å²) >= 11 is 0. The predicted octanol–water partition coefficient (Wildman–Crippen LogP) is 2.09. The van der Waals surface area contributed by atoms with Gasteiger partial charge in [-0.25, -0.2) is 0 Å². The first kappa shape index (κ1) is 13.6. The Hall–Kier alpha value is -1.42. The first-order valence-electron chi connectivity index (χ1n) is 7.65. The highest BCUT2D eigenvalue weighted by Crippen LogP contribution is 2.41. The number of aromatic nitrogens is 1. The van der Waals surface area contributed by atoms with Crippen LogP contribution in [0.25, 0.3) is 0 Å². The van der Waals surface area contributed by atoms with Gasteiger partial charge in [-0.2, -0.15) is 0 Å². The summed E-state index contributed by atoms with van der Waals surface area (Å²) in [7, 11) is 0. The van der Waals surface area contributed by atoms with E-state index in [1.54, 1.807) is 12.4 Å². The zero-order chi connectivity index (χ0) is 14.0. The van der Waals surface area contributed by atoms with E-state index in [0.29, 0.717) is 19.1 Å². The standard InChI is InChI=1S/C16H23N3O/c17-12-16(7-1-2-8-16)15(20)19(14-3-4-14)11-13-5-9-18-10-6-13/h5-6,9-10,14H,1-4,7-8,11-12,17H2. The summed E-state index contributed by atoms with van der Waals surface area (Å²) in [6, 6.07) is 4.42. The number of pyridine rings is 1. The van der Waals surface area contributed by atoms with Crippen molar-refractivity contribution in [2.75, 3.05) is 6.54 Å². The molecule has 0 saturated heterocycles. The Morgan fingerprint density at radius 2 is 1.95 bits per heavy atom. The van der Waals surface area contributed by atoms with E-state index in [4.69, 9.17) is 5.73 Å². The lowest BCUT2D eigenvalue weighted by molar-refractivity contribution is -0.142. The maximum Gasteiger partial charge on any atom is 0.230 e. The van der Waals surface area contributed by atoms with Crippen molar-refractivity contribution in [3.8, 4) is 0 Å². The molecular formula is C16H23N3O. The Morgan fingerprint density at radius 3 is 2.50 bits per heavy atom. The third-order valence-electron chi connectivity index (χ3n) is 4.76. The molecular weight excluding hydrogens is 250 g/mol. The number of rotatable bonds is 5. The van der Waals surface area contributed by atoms with Gasteiger partial charge in [0.25, 0.3) is 0 Å². The van der Waals surface area contributed by atoms with Crippen molar-refractivity contribution >= 4 is 5.91 Å². The molecule has 1 amide bonds. The van der Waals surface area contributed by atoms with Crippen LogP contribution in [0.5, 0.6) is 0 Å². The number of hydrogen-bond acceptors (Lipinski definition) is 3. The van der Waals surface area contributed by atoms with Crippen LogP contribution < -0.4 is 5.73 Å². The van der Waals surface area contributed by atoms with E-state index < -0.39 is 0 Å². The molecule has 1 heterocycles. The number of carbonyl (C=O) groups is 1. The van der Waals surface area contributed by atoms with Gasteiger partial charge in [-0.1, -0.05) is 12.8 Å². The van der Waals surface area contributed by atoms with Crippen molar-refractivity contribution in [2.24, 2.45) is 11.1 Å². The molecule has 2 fully saturated rings. The first-order chi connectivity index (χ1) is 9.75. The van der Waals surface area contributed by atoms with Crippen molar-refractivity contribution < 1.29 is 4.79 Å². The van der Waals surface area contributed by atoms with Crippen LogP contribution in [0.4, 0.5) is 0 Å². The molecule has 4 nitrogen and oxygen atoms in total. The second kappa shape index (κ2) is 5.52. The van der Waals surface area contributed by atoms with E-state index in [1.807, 2.05) is 12.1 Å². The molecule has 0 unspecified atom stereocenters. The van der Waals surface area contributed by atoms with Gasteiger partial charge in [-0.3, -0.25) is 9.78 Å². The normalized spacial score (nSPS) is 20.9. The van der Waals surface area contributed by atoms with Gasteiger partial charge >= 0.3 is 0 Å². The molecule has 0 bridgehead atoms. The van der Waals surface area contributed by atoms with Crippen LogP contribution in [0.2, 0.25) is 0 Å². The summed E-state index contributed by atoms with van der Waals surface area (Å²) in [4.78, 5) is 19.1. The molecule has 0 atom stereocenters. The van der Waals surface area contributed by atoms with E-state index in [2.05, 4.69) is 9.88 Å². The fourth-order valence-corrected chi connectivity index (χ4v) is 3.30. The summed E-state index contributed by atoms with van der Waals surface area (Å²) in [5.41, 5.74) is 6.84. The van der Waals surface area contributed by atoms with Gasteiger partial charge < -0.3 is 10.6 Å². The Balaban J connectivity index is 1.78. The van der Waals surface area contributed by atoms with Crippen LogP contribution >= 0.6 is 0 Å². The molecule has 0 aromatic carbocycles. The zero-order valence-corrected chi connectivity index (χ0v) is 11.9. The second-order valence-corrected chi connectivity index (χ2v) is 6.21. The molecule has 2 aliphatic carbocycles. The van der Waals surface area contributed by atoms with Crippen molar-refractivity contribution in [1.82, 2.24) is 9.88 Å².